The largest absolute Gasteiger partial charge is 0.469 e. The zero-order valence-electron chi connectivity index (χ0n) is 17.6. The minimum Gasteiger partial charge on any atom is -0.469 e. The third-order valence-corrected chi connectivity index (χ3v) is 3.61. The van der Waals surface area contributed by atoms with Crippen molar-refractivity contribution < 1.29 is 50.5 Å². The van der Waals surface area contributed by atoms with Gasteiger partial charge in [-0.05, 0) is 44.5 Å². The van der Waals surface area contributed by atoms with E-state index < -0.39 is 66.7 Å². The minimum atomic E-state index is -4.92. The van der Waals surface area contributed by atoms with Crippen LogP contribution in [-0.2, 0) is 25.2 Å². The highest BCUT2D eigenvalue weighted by atomic mass is 19.4. The van der Waals surface area contributed by atoms with E-state index in [1.807, 2.05) is 0 Å². The van der Waals surface area contributed by atoms with Crippen molar-refractivity contribution in [1.82, 2.24) is 10.6 Å². The third-order valence-electron chi connectivity index (χ3n) is 3.61. The minimum absolute atomic E-state index is 0.341. The first-order valence-corrected chi connectivity index (χ1v) is 9.10. The average Bonchev–Trinajstić information content (AvgIpc) is 2.62. The van der Waals surface area contributed by atoms with E-state index in [2.05, 4.69) is 20.1 Å². The summed E-state index contributed by atoms with van der Waals surface area (Å²) in [5.74, 6) is -2.61. The van der Waals surface area contributed by atoms with Gasteiger partial charge in [0.05, 0.1) is 25.1 Å². The van der Waals surface area contributed by atoms with Crippen LogP contribution < -0.4 is 15.4 Å². The molecule has 1 atom stereocenters. The van der Waals surface area contributed by atoms with E-state index in [0.29, 0.717) is 12.1 Å². The van der Waals surface area contributed by atoms with Crippen molar-refractivity contribution in [2.75, 3.05) is 13.7 Å². The summed E-state index contributed by atoms with van der Waals surface area (Å²) in [6, 6.07) is 0.360. The summed E-state index contributed by atoms with van der Waals surface area (Å²) in [5.41, 5.74) is -2.51. The van der Waals surface area contributed by atoms with E-state index in [-0.39, 0.29) is 5.56 Å². The molecule has 2 amide bonds. The van der Waals surface area contributed by atoms with Crippen LogP contribution in [0.15, 0.2) is 18.2 Å². The molecule has 0 saturated heterocycles. The summed E-state index contributed by atoms with van der Waals surface area (Å²) in [4.78, 5) is 35.6. The summed E-state index contributed by atoms with van der Waals surface area (Å²) in [6.07, 6.45) is -6.47. The van der Waals surface area contributed by atoms with Gasteiger partial charge in [0.15, 0.2) is 0 Å². The Labute approximate surface area is 180 Å². The van der Waals surface area contributed by atoms with Crippen LogP contribution in [0.1, 0.15) is 44.4 Å². The predicted molar refractivity (Wildman–Crippen MR) is 99.8 cm³/mol. The molecule has 0 spiro atoms. The standard InChI is InChI=1S/C19H23F5N2O6/c1-18(2,3)32-17(29)25-9-14(27)26-13(8-15(28)30-4)10-5-11(19(22,23)24)7-12(6-10)31-16(20)21/h5-7,13,16H,8-9H2,1-4H3,(H,25,29)(H,26,27)/t13-/m0/s1. The Morgan fingerprint density at radius 2 is 1.69 bits per heavy atom. The van der Waals surface area contributed by atoms with E-state index in [9.17, 15) is 36.3 Å². The number of hydrogen-bond donors (Lipinski definition) is 2. The highest BCUT2D eigenvalue weighted by Crippen LogP contribution is 2.35. The Bertz CT molecular complexity index is 823. The van der Waals surface area contributed by atoms with Gasteiger partial charge < -0.3 is 24.8 Å². The maximum absolute atomic E-state index is 13.2. The Kier molecular flexibility index (Phi) is 9.21. The molecule has 180 valence electrons. The van der Waals surface area contributed by atoms with Crippen molar-refractivity contribution in [1.29, 1.82) is 0 Å². The number of methoxy groups -OCH3 is 1. The molecule has 2 N–H and O–H groups in total. The number of benzene rings is 1. The van der Waals surface area contributed by atoms with E-state index in [0.717, 1.165) is 13.2 Å². The third kappa shape index (κ3) is 9.79. The predicted octanol–water partition coefficient (Wildman–Crippen LogP) is 3.55. The summed E-state index contributed by atoms with van der Waals surface area (Å²) >= 11 is 0. The van der Waals surface area contributed by atoms with Gasteiger partial charge in [0.1, 0.15) is 17.9 Å². The summed E-state index contributed by atoms with van der Waals surface area (Å²) in [6.45, 7) is 0.729. The first-order chi connectivity index (χ1) is 14.6. The van der Waals surface area contributed by atoms with Gasteiger partial charge in [-0.3, -0.25) is 9.59 Å². The van der Waals surface area contributed by atoms with Gasteiger partial charge in [0.2, 0.25) is 5.91 Å². The van der Waals surface area contributed by atoms with Crippen LogP contribution in [0.2, 0.25) is 0 Å². The lowest BCUT2D eigenvalue weighted by Crippen LogP contribution is -2.41. The number of hydrogen-bond acceptors (Lipinski definition) is 6. The van der Waals surface area contributed by atoms with Gasteiger partial charge in [0, 0.05) is 0 Å². The van der Waals surface area contributed by atoms with Gasteiger partial charge in [-0.1, -0.05) is 0 Å². The van der Waals surface area contributed by atoms with Crippen LogP contribution in [-0.4, -0.2) is 43.8 Å². The Hall–Kier alpha value is -3.12. The smallest absolute Gasteiger partial charge is 0.416 e. The fourth-order valence-corrected chi connectivity index (χ4v) is 2.37. The molecule has 0 aromatic heterocycles. The molecular weight excluding hydrogens is 447 g/mol. The Morgan fingerprint density at radius 1 is 1.06 bits per heavy atom. The molecule has 0 fully saturated rings. The Morgan fingerprint density at radius 3 is 2.19 bits per heavy atom. The van der Waals surface area contributed by atoms with E-state index in [4.69, 9.17) is 4.74 Å². The molecule has 1 aromatic rings. The number of carbonyl (C=O) groups excluding carboxylic acids is 3. The number of nitrogens with one attached hydrogen (secondary N) is 2. The summed E-state index contributed by atoms with van der Waals surface area (Å²) in [7, 11) is 1.02. The summed E-state index contributed by atoms with van der Waals surface area (Å²) < 4.78 is 78.2. The van der Waals surface area contributed by atoms with Crippen molar-refractivity contribution in [3.05, 3.63) is 29.3 Å². The molecule has 0 aliphatic rings. The van der Waals surface area contributed by atoms with Crippen molar-refractivity contribution >= 4 is 18.0 Å². The molecule has 8 nitrogen and oxygen atoms in total. The lowest BCUT2D eigenvalue weighted by Gasteiger charge is -2.22. The number of amides is 2. The maximum Gasteiger partial charge on any atom is 0.416 e. The zero-order chi connectivity index (χ0) is 24.7. The number of rotatable bonds is 8. The number of esters is 1. The summed E-state index contributed by atoms with van der Waals surface area (Å²) in [5, 5.41) is 4.40. The fraction of sp³-hybridized carbons (Fsp3) is 0.526. The van der Waals surface area contributed by atoms with Gasteiger partial charge in [-0.2, -0.15) is 22.0 Å². The molecule has 0 bridgehead atoms. The van der Waals surface area contributed by atoms with Crippen molar-refractivity contribution in [2.45, 2.75) is 51.6 Å². The van der Waals surface area contributed by atoms with Gasteiger partial charge in [0.25, 0.3) is 0 Å². The topological polar surface area (TPSA) is 103 Å². The van der Waals surface area contributed by atoms with Crippen LogP contribution in [0.4, 0.5) is 26.7 Å². The molecule has 0 aliphatic carbocycles. The normalized spacial score (nSPS) is 12.7. The molecule has 32 heavy (non-hydrogen) atoms. The van der Waals surface area contributed by atoms with Crippen molar-refractivity contribution in [3.8, 4) is 5.75 Å². The highest BCUT2D eigenvalue weighted by Gasteiger charge is 2.33. The number of alkyl halides is 5. The van der Waals surface area contributed by atoms with Gasteiger partial charge >= 0.3 is 24.9 Å². The fourth-order valence-electron chi connectivity index (χ4n) is 2.37. The lowest BCUT2D eigenvalue weighted by atomic mass is 10.00. The van der Waals surface area contributed by atoms with E-state index in [1.165, 1.54) is 0 Å². The monoisotopic (exact) mass is 470 g/mol. The average molecular weight is 470 g/mol. The molecular formula is C19H23F5N2O6. The van der Waals surface area contributed by atoms with Gasteiger partial charge in [-0.15, -0.1) is 0 Å². The SMILES string of the molecule is COC(=O)C[C@H](NC(=O)CNC(=O)OC(C)(C)C)c1cc(OC(F)F)cc(C(F)(F)F)c1. The first-order valence-electron chi connectivity index (χ1n) is 9.10. The zero-order valence-corrected chi connectivity index (χ0v) is 17.6. The second-order valence-corrected chi connectivity index (χ2v) is 7.42. The van der Waals surface area contributed by atoms with Crippen molar-refractivity contribution in [2.24, 2.45) is 0 Å². The quantitative estimate of drug-likeness (QED) is 0.445. The maximum atomic E-state index is 13.2. The van der Waals surface area contributed by atoms with Crippen LogP contribution in [0, 0.1) is 0 Å². The molecule has 1 aromatic carbocycles. The first kappa shape index (κ1) is 26.9. The second kappa shape index (κ2) is 11.0. The molecule has 0 heterocycles. The number of ether oxygens (including phenoxy) is 3. The van der Waals surface area contributed by atoms with E-state index in [1.54, 1.807) is 20.8 Å². The molecule has 0 saturated carbocycles. The number of halogens is 5. The van der Waals surface area contributed by atoms with E-state index >= 15 is 0 Å². The number of carbonyl (C=O) groups is 3. The number of alkyl carbamates (subject to hydrolysis) is 1. The molecule has 0 aliphatic heterocycles. The lowest BCUT2D eigenvalue weighted by molar-refractivity contribution is -0.141. The Balaban J connectivity index is 3.13. The van der Waals surface area contributed by atoms with Crippen LogP contribution in [0.3, 0.4) is 0 Å². The van der Waals surface area contributed by atoms with Gasteiger partial charge in [-0.25, -0.2) is 4.79 Å². The van der Waals surface area contributed by atoms with Crippen LogP contribution in [0.5, 0.6) is 5.75 Å². The molecule has 1 rings (SSSR count). The van der Waals surface area contributed by atoms with Crippen molar-refractivity contribution in [3.63, 3.8) is 0 Å². The molecule has 0 unspecified atom stereocenters. The molecule has 13 heteroatoms. The highest BCUT2D eigenvalue weighted by molar-refractivity contribution is 5.83. The van der Waals surface area contributed by atoms with Crippen LogP contribution >= 0.6 is 0 Å². The second-order valence-electron chi connectivity index (χ2n) is 7.42. The molecule has 0 radical (unpaired) electrons. The van der Waals surface area contributed by atoms with Crippen LogP contribution in [0.25, 0.3) is 0 Å².